The van der Waals surface area contributed by atoms with E-state index in [9.17, 15) is 14.4 Å². The number of carbonyl (C=O) groups is 3. The lowest BCUT2D eigenvalue weighted by Crippen LogP contribution is -2.15. The maximum atomic E-state index is 12.6. The average molecular weight is 440 g/mol. The van der Waals surface area contributed by atoms with Crippen LogP contribution in [0.1, 0.15) is 44.7 Å². The van der Waals surface area contributed by atoms with Crippen molar-refractivity contribution in [2.75, 3.05) is 24.8 Å². The predicted octanol–water partition coefficient (Wildman–Crippen LogP) is 5.22. The SMILES string of the molecule is O=C(COC(=O)P1CCPC1)c1ccc2c(c1)COc1cc3c(cc1-2)CCCC3=O. The molecule has 1 saturated heterocycles. The highest BCUT2D eigenvalue weighted by atomic mass is 31.2. The van der Waals surface area contributed by atoms with Gasteiger partial charge in [0.1, 0.15) is 12.4 Å². The Morgan fingerprint density at radius 2 is 1.97 bits per heavy atom. The van der Waals surface area contributed by atoms with Crippen LogP contribution in [0.2, 0.25) is 0 Å². The zero-order chi connectivity index (χ0) is 20.7. The summed E-state index contributed by atoms with van der Waals surface area (Å²) >= 11 is 0. The van der Waals surface area contributed by atoms with Crippen LogP contribution in [0.4, 0.5) is 4.79 Å². The number of Topliss-reactive ketones (excluding diaryl/α,β-unsaturated/α-hetero) is 2. The summed E-state index contributed by atoms with van der Waals surface area (Å²) in [6.45, 7) is 0.148. The van der Waals surface area contributed by atoms with Gasteiger partial charge in [0.25, 0.3) is 0 Å². The Labute approximate surface area is 178 Å². The molecule has 0 N–H and O–H groups in total. The largest absolute Gasteiger partial charge is 0.488 e. The minimum Gasteiger partial charge on any atom is -0.488 e. The molecule has 2 unspecified atom stereocenters. The van der Waals surface area contributed by atoms with Crippen LogP contribution >= 0.6 is 16.5 Å². The van der Waals surface area contributed by atoms with Gasteiger partial charge in [-0.2, -0.15) is 0 Å². The van der Waals surface area contributed by atoms with Crippen molar-refractivity contribution < 1.29 is 23.9 Å². The van der Waals surface area contributed by atoms with Crippen molar-refractivity contribution in [2.24, 2.45) is 0 Å². The number of benzene rings is 2. The van der Waals surface area contributed by atoms with Crippen LogP contribution in [0.3, 0.4) is 0 Å². The molecule has 3 aliphatic rings. The summed E-state index contributed by atoms with van der Waals surface area (Å²) in [4.78, 5) is 36.9. The third-order valence-electron chi connectivity index (χ3n) is 5.90. The standard InChI is InChI=1S/C23H22O5P2/c24-20-3-1-2-14-9-19-17-5-4-15(8-16(17)11-27-22(19)10-18(14)20)21(25)12-28-23(26)30-7-6-29-13-30/h4-5,8-10,29H,1-3,6-7,11-13H2. The van der Waals surface area contributed by atoms with E-state index in [1.165, 1.54) is 0 Å². The third-order valence-corrected chi connectivity index (χ3v) is 10.8. The fourth-order valence-corrected chi connectivity index (χ4v) is 9.27. The van der Waals surface area contributed by atoms with Crippen LogP contribution in [0.15, 0.2) is 30.3 Å². The van der Waals surface area contributed by atoms with Gasteiger partial charge in [0.15, 0.2) is 18.2 Å². The third kappa shape index (κ3) is 3.70. The van der Waals surface area contributed by atoms with Gasteiger partial charge in [0.05, 0.1) is 0 Å². The van der Waals surface area contributed by atoms with E-state index >= 15 is 0 Å². The van der Waals surface area contributed by atoms with Crippen LogP contribution in [-0.2, 0) is 17.8 Å². The fourth-order valence-electron chi connectivity index (χ4n) is 4.26. The summed E-state index contributed by atoms with van der Waals surface area (Å²) < 4.78 is 11.2. The first-order valence-corrected chi connectivity index (χ1v) is 13.3. The summed E-state index contributed by atoms with van der Waals surface area (Å²) in [7, 11) is 0.157. The maximum Gasteiger partial charge on any atom is 0.326 e. The molecule has 2 aliphatic heterocycles. The van der Waals surface area contributed by atoms with Crippen molar-refractivity contribution in [1.29, 1.82) is 0 Å². The highest BCUT2D eigenvalue weighted by molar-refractivity contribution is 7.82. The lowest BCUT2D eigenvalue weighted by molar-refractivity contribution is 0.0876. The van der Waals surface area contributed by atoms with E-state index in [4.69, 9.17) is 9.47 Å². The molecule has 0 bridgehead atoms. The number of hydrogen-bond donors (Lipinski definition) is 0. The molecule has 30 heavy (non-hydrogen) atoms. The Morgan fingerprint density at radius 3 is 2.80 bits per heavy atom. The van der Waals surface area contributed by atoms with Gasteiger partial charge in [-0.05, 0) is 66.0 Å². The van der Waals surface area contributed by atoms with Gasteiger partial charge in [0.2, 0.25) is 0 Å². The molecule has 0 saturated carbocycles. The molecule has 2 heterocycles. The van der Waals surface area contributed by atoms with Crippen molar-refractivity contribution in [3.63, 3.8) is 0 Å². The molecule has 1 aliphatic carbocycles. The number of rotatable bonds is 4. The van der Waals surface area contributed by atoms with E-state index in [2.05, 4.69) is 6.07 Å². The van der Waals surface area contributed by atoms with Crippen LogP contribution in [0.5, 0.6) is 5.75 Å². The van der Waals surface area contributed by atoms with Crippen LogP contribution in [0.25, 0.3) is 11.1 Å². The molecule has 5 rings (SSSR count). The van der Waals surface area contributed by atoms with Crippen molar-refractivity contribution in [3.05, 3.63) is 52.6 Å². The van der Waals surface area contributed by atoms with Gasteiger partial charge in [-0.3, -0.25) is 9.59 Å². The minimum atomic E-state index is -0.696. The Balaban J connectivity index is 1.35. The Hall–Kier alpha value is -2.09. The molecule has 1 fully saturated rings. The number of hydrogen-bond acceptors (Lipinski definition) is 5. The molecule has 0 amide bonds. The normalized spacial score (nSPS) is 20.1. The average Bonchev–Trinajstić information content (AvgIpc) is 3.31. The van der Waals surface area contributed by atoms with E-state index in [-0.39, 0.29) is 23.9 Å². The summed E-state index contributed by atoms with van der Waals surface area (Å²) in [5, 5.41) is 0. The summed E-state index contributed by atoms with van der Waals surface area (Å²) in [6.07, 6.45) is 4.42. The summed E-state index contributed by atoms with van der Waals surface area (Å²) in [5.74, 6) is 1.67. The predicted molar refractivity (Wildman–Crippen MR) is 119 cm³/mol. The highest BCUT2D eigenvalue weighted by Crippen LogP contribution is 2.50. The molecule has 0 radical (unpaired) electrons. The highest BCUT2D eigenvalue weighted by Gasteiger charge is 2.26. The zero-order valence-electron chi connectivity index (χ0n) is 16.5. The molecular weight excluding hydrogens is 418 g/mol. The molecule has 2 aromatic carbocycles. The molecule has 0 spiro atoms. The van der Waals surface area contributed by atoms with E-state index < -0.39 is 7.92 Å². The molecular formula is C23H22O5P2. The van der Waals surface area contributed by atoms with E-state index in [0.717, 1.165) is 73.2 Å². The number of ether oxygens (including phenoxy) is 2. The van der Waals surface area contributed by atoms with Crippen LogP contribution < -0.4 is 4.74 Å². The van der Waals surface area contributed by atoms with Crippen molar-refractivity contribution in [2.45, 2.75) is 25.9 Å². The van der Waals surface area contributed by atoms with Crippen molar-refractivity contribution in [1.82, 2.24) is 0 Å². The van der Waals surface area contributed by atoms with E-state index in [1.807, 2.05) is 18.2 Å². The first-order chi connectivity index (χ1) is 14.6. The smallest absolute Gasteiger partial charge is 0.326 e. The molecule has 2 atom stereocenters. The van der Waals surface area contributed by atoms with Gasteiger partial charge in [-0.25, -0.2) is 4.79 Å². The monoisotopic (exact) mass is 440 g/mol. The van der Waals surface area contributed by atoms with Crippen molar-refractivity contribution in [3.8, 4) is 16.9 Å². The second-order valence-corrected chi connectivity index (χ2v) is 12.0. The maximum absolute atomic E-state index is 12.6. The van der Waals surface area contributed by atoms with Gasteiger partial charge in [-0.15, -0.1) is 8.58 Å². The molecule has 0 aromatic heterocycles. The lowest BCUT2D eigenvalue weighted by Gasteiger charge is -2.25. The van der Waals surface area contributed by atoms with Crippen LogP contribution in [-0.4, -0.2) is 42.1 Å². The second-order valence-electron chi connectivity index (χ2n) is 7.84. The van der Waals surface area contributed by atoms with Crippen molar-refractivity contribution >= 4 is 33.8 Å². The van der Waals surface area contributed by atoms with Gasteiger partial charge in [0, 0.05) is 31.0 Å². The van der Waals surface area contributed by atoms with E-state index in [0.29, 0.717) is 18.6 Å². The fraction of sp³-hybridized carbons (Fsp3) is 0.348. The number of aryl methyl sites for hydroxylation is 1. The first-order valence-electron chi connectivity index (χ1n) is 10.2. The van der Waals surface area contributed by atoms with E-state index in [1.54, 1.807) is 6.07 Å². The molecule has 154 valence electrons. The quantitative estimate of drug-likeness (QED) is 0.482. The van der Waals surface area contributed by atoms with Gasteiger partial charge in [-0.1, -0.05) is 12.1 Å². The lowest BCUT2D eigenvalue weighted by atomic mass is 9.86. The van der Waals surface area contributed by atoms with Gasteiger partial charge < -0.3 is 9.47 Å². The zero-order valence-corrected chi connectivity index (χ0v) is 18.4. The molecule has 2 aromatic rings. The summed E-state index contributed by atoms with van der Waals surface area (Å²) in [5.41, 5.74) is 5.13. The Bertz CT molecular complexity index is 1060. The Kier molecular flexibility index (Phi) is 5.43. The van der Waals surface area contributed by atoms with Crippen LogP contribution in [0, 0.1) is 0 Å². The molecule has 7 heteroatoms. The molecule has 5 nitrogen and oxygen atoms in total. The van der Waals surface area contributed by atoms with Gasteiger partial charge >= 0.3 is 5.71 Å². The second kappa shape index (κ2) is 8.21. The minimum absolute atomic E-state index is 0.183. The topological polar surface area (TPSA) is 69.7 Å². The first kappa shape index (κ1) is 19.8. The number of fused-ring (bicyclic) bond motifs is 4. The Morgan fingerprint density at radius 1 is 1.07 bits per heavy atom. The number of carbonyl (C=O) groups excluding carboxylic acids is 3. The number of ketones is 2. The summed E-state index contributed by atoms with van der Waals surface area (Å²) in [6, 6.07) is 9.50.